The number of benzene rings is 1. The van der Waals surface area contributed by atoms with E-state index in [9.17, 15) is 19.1 Å². The molecule has 7 heteroatoms. The molecule has 0 aliphatic carbocycles. The smallest absolute Gasteiger partial charge is 0.329 e. The van der Waals surface area contributed by atoms with Crippen molar-refractivity contribution >= 4 is 13.6 Å². The SMILES string of the molecule is C[C@H]([C@H](c1ccccc1)[C@H](N)C(=O)O)P(=O)(O)O. The van der Waals surface area contributed by atoms with E-state index in [1.54, 1.807) is 30.3 Å². The number of hydrogen-bond donors (Lipinski definition) is 4. The van der Waals surface area contributed by atoms with Crippen molar-refractivity contribution in [3.8, 4) is 0 Å². The Labute approximate surface area is 105 Å². The van der Waals surface area contributed by atoms with E-state index in [4.69, 9.17) is 10.8 Å². The van der Waals surface area contributed by atoms with Crippen LogP contribution in [0.2, 0.25) is 0 Å². The van der Waals surface area contributed by atoms with Crippen LogP contribution in [0.3, 0.4) is 0 Å². The molecule has 0 radical (unpaired) electrons. The summed E-state index contributed by atoms with van der Waals surface area (Å²) >= 11 is 0. The number of carbonyl (C=O) groups is 1. The molecule has 0 fully saturated rings. The first kappa shape index (κ1) is 14.9. The standard InChI is InChI=1S/C11H16NO5P/c1-7(18(15,16)17)9(10(12)11(13)14)8-5-3-2-4-6-8/h2-7,9-10H,12H2,1H3,(H,13,14)(H2,15,16,17)/t7-,9-,10+/m1/s1. The van der Waals surface area contributed by atoms with Crippen LogP contribution in [-0.2, 0) is 9.36 Å². The van der Waals surface area contributed by atoms with Crippen molar-refractivity contribution in [3.05, 3.63) is 35.9 Å². The van der Waals surface area contributed by atoms with Crippen LogP contribution in [0.1, 0.15) is 18.4 Å². The summed E-state index contributed by atoms with van der Waals surface area (Å²) in [5.41, 5.74) is 4.89. The largest absolute Gasteiger partial charge is 0.480 e. The molecule has 1 aromatic carbocycles. The van der Waals surface area contributed by atoms with Gasteiger partial charge in [-0.25, -0.2) is 0 Å². The molecule has 0 aromatic heterocycles. The monoisotopic (exact) mass is 273 g/mol. The summed E-state index contributed by atoms with van der Waals surface area (Å²) in [5.74, 6) is -2.23. The maximum atomic E-state index is 11.3. The second kappa shape index (κ2) is 5.63. The van der Waals surface area contributed by atoms with Crippen molar-refractivity contribution in [1.29, 1.82) is 0 Å². The van der Waals surface area contributed by atoms with Crippen LogP contribution < -0.4 is 5.73 Å². The van der Waals surface area contributed by atoms with Crippen LogP contribution in [-0.4, -0.2) is 32.6 Å². The molecule has 5 N–H and O–H groups in total. The van der Waals surface area contributed by atoms with E-state index in [-0.39, 0.29) is 0 Å². The Morgan fingerprint density at radius 1 is 1.28 bits per heavy atom. The fourth-order valence-corrected chi connectivity index (χ4v) is 2.60. The molecule has 3 atom stereocenters. The molecule has 0 amide bonds. The second-order valence-electron chi connectivity index (χ2n) is 4.13. The molecule has 0 bridgehead atoms. The van der Waals surface area contributed by atoms with Crippen molar-refractivity contribution in [2.45, 2.75) is 24.5 Å². The topological polar surface area (TPSA) is 121 Å². The lowest BCUT2D eigenvalue weighted by Gasteiger charge is -2.28. The Bertz CT molecular complexity index is 458. The number of carboxylic acids is 1. The second-order valence-corrected chi connectivity index (χ2v) is 6.12. The van der Waals surface area contributed by atoms with E-state index in [1.807, 2.05) is 0 Å². The van der Waals surface area contributed by atoms with Crippen LogP contribution in [0.25, 0.3) is 0 Å². The van der Waals surface area contributed by atoms with Crippen LogP contribution in [0.4, 0.5) is 0 Å². The van der Waals surface area contributed by atoms with Gasteiger partial charge in [-0.3, -0.25) is 9.36 Å². The van der Waals surface area contributed by atoms with Gasteiger partial charge in [0.1, 0.15) is 6.04 Å². The van der Waals surface area contributed by atoms with E-state index in [0.717, 1.165) is 0 Å². The van der Waals surface area contributed by atoms with Gasteiger partial charge in [0.2, 0.25) is 0 Å². The Kier molecular flexibility index (Phi) is 4.65. The molecule has 0 unspecified atom stereocenters. The summed E-state index contributed by atoms with van der Waals surface area (Å²) in [4.78, 5) is 29.4. The van der Waals surface area contributed by atoms with Gasteiger partial charge in [0.25, 0.3) is 0 Å². The average Bonchev–Trinajstić information content (AvgIpc) is 2.29. The van der Waals surface area contributed by atoms with Crippen molar-refractivity contribution in [3.63, 3.8) is 0 Å². The summed E-state index contributed by atoms with van der Waals surface area (Å²) < 4.78 is 11.3. The quantitative estimate of drug-likeness (QED) is 0.587. The molecule has 18 heavy (non-hydrogen) atoms. The Balaban J connectivity index is 3.19. The van der Waals surface area contributed by atoms with Gasteiger partial charge in [0, 0.05) is 5.92 Å². The maximum absolute atomic E-state index is 11.3. The van der Waals surface area contributed by atoms with Gasteiger partial charge in [-0.05, 0) is 5.56 Å². The molecule has 0 saturated carbocycles. The first-order chi connectivity index (χ1) is 8.25. The fourth-order valence-electron chi connectivity index (χ4n) is 1.82. The van der Waals surface area contributed by atoms with E-state index < -0.39 is 31.2 Å². The first-order valence-corrected chi connectivity index (χ1v) is 7.02. The van der Waals surface area contributed by atoms with Crippen molar-refractivity contribution < 1.29 is 24.3 Å². The Morgan fingerprint density at radius 2 is 1.78 bits per heavy atom. The van der Waals surface area contributed by atoms with E-state index >= 15 is 0 Å². The average molecular weight is 273 g/mol. The molecule has 100 valence electrons. The van der Waals surface area contributed by atoms with E-state index in [0.29, 0.717) is 5.56 Å². The third-order valence-electron chi connectivity index (χ3n) is 2.91. The van der Waals surface area contributed by atoms with Crippen LogP contribution in [0.15, 0.2) is 30.3 Å². The fraction of sp³-hybridized carbons (Fsp3) is 0.364. The lowest BCUT2D eigenvalue weighted by atomic mass is 9.89. The van der Waals surface area contributed by atoms with Gasteiger partial charge in [-0.15, -0.1) is 0 Å². The highest BCUT2D eigenvalue weighted by molar-refractivity contribution is 7.52. The minimum atomic E-state index is -4.42. The van der Waals surface area contributed by atoms with Gasteiger partial charge in [0.15, 0.2) is 0 Å². The highest BCUT2D eigenvalue weighted by atomic mass is 31.2. The Hall–Kier alpha value is -1.20. The highest BCUT2D eigenvalue weighted by Gasteiger charge is 2.39. The summed E-state index contributed by atoms with van der Waals surface area (Å²) in [7, 11) is -4.42. The lowest BCUT2D eigenvalue weighted by molar-refractivity contribution is -0.139. The van der Waals surface area contributed by atoms with Crippen LogP contribution in [0, 0.1) is 0 Å². The molecule has 0 heterocycles. The van der Waals surface area contributed by atoms with Gasteiger partial charge in [0.05, 0.1) is 5.66 Å². The van der Waals surface area contributed by atoms with Gasteiger partial charge in [-0.1, -0.05) is 37.3 Å². The minimum absolute atomic E-state index is 0.503. The number of rotatable bonds is 5. The molecule has 1 rings (SSSR count). The van der Waals surface area contributed by atoms with Crippen molar-refractivity contribution in [2.75, 3.05) is 0 Å². The molecule has 0 spiro atoms. The van der Waals surface area contributed by atoms with Gasteiger partial charge < -0.3 is 20.6 Å². The summed E-state index contributed by atoms with van der Waals surface area (Å²) in [6.07, 6.45) is 0. The zero-order valence-corrected chi connectivity index (χ0v) is 10.7. The molecule has 6 nitrogen and oxygen atoms in total. The van der Waals surface area contributed by atoms with Crippen LogP contribution in [0.5, 0.6) is 0 Å². The number of hydrogen-bond acceptors (Lipinski definition) is 3. The molecule has 0 saturated heterocycles. The molecular weight excluding hydrogens is 257 g/mol. The molecular formula is C11H16NO5P. The number of nitrogens with two attached hydrogens (primary N) is 1. The van der Waals surface area contributed by atoms with Crippen molar-refractivity contribution in [2.24, 2.45) is 5.73 Å². The minimum Gasteiger partial charge on any atom is -0.480 e. The van der Waals surface area contributed by atoms with Gasteiger partial charge >= 0.3 is 13.6 Å². The summed E-state index contributed by atoms with van der Waals surface area (Å²) in [6.45, 7) is 1.31. The van der Waals surface area contributed by atoms with Gasteiger partial charge in [-0.2, -0.15) is 0 Å². The third kappa shape index (κ3) is 3.40. The maximum Gasteiger partial charge on any atom is 0.329 e. The van der Waals surface area contributed by atoms with Crippen molar-refractivity contribution in [1.82, 2.24) is 0 Å². The lowest BCUT2D eigenvalue weighted by Crippen LogP contribution is -2.41. The molecule has 1 aromatic rings. The number of aliphatic carboxylic acids is 1. The third-order valence-corrected chi connectivity index (χ3v) is 4.29. The highest BCUT2D eigenvalue weighted by Crippen LogP contribution is 2.48. The first-order valence-electron chi connectivity index (χ1n) is 5.33. The molecule has 0 aliphatic rings. The summed E-state index contributed by atoms with van der Waals surface area (Å²) in [5, 5.41) is 8.95. The Morgan fingerprint density at radius 3 is 2.17 bits per heavy atom. The molecule has 0 aliphatic heterocycles. The van der Waals surface area contributed by atoms with E-state index in [2.05, 4.69) is 0 Å². The predicted octanol–water partition coefficient (Wildman–Crippen LogP) is 0.748. The zero-order valence-electron chi connectivity index (χ0n) is 9.80. The number of carboxylic acid groups (broad SMARTS) is 1. The van der Waals surface area contributed by atoms with E-state index in [1.165, 1.54) is 6.92 Å². The van der Waals surface area contributed by atoms with Crippen LogP contribution >= 0.6 is 7.60 Å². The summed E-state index contributed by atoms with van der Waals surface area (Å²) in [6, 6.07) is 6.93. The zero-order chi connectivity index (χ0) is 13.9. The predicted molar refractivity (Wildman–Crippen MR) is 66.3 cm³/mol. The normalized spacial score (nSPS) is 16.9.